The van der Waals surface area contributed by atoms with Gasteiger partial charge in [0.15, 0.2) is 0 Å². The van der Waals surface area contributed by atoms with Gasteiger partial charge < -0.3 is 10.8 Å². The minimum absolute atomic E-state index is 0. The summed E-state index contributed by atoms with van der Waals surface area (Å²) in [4.78, 5) is 24.6. The number of amides is 1. The fourth-order valence-corrected chi connectivity index (χ4v) is 3.47. The first-order chi connectivity index (χ1) is 15.1. The Labute approximate surface area is 185 Å². The van der Waals surface area contributed by atoms with E-state index in [1.165, 1.54) is 53.2 Å². The molecule has 0 spiro atoms. The molecule has 0 aliphatic heterocycles. The lowest BCUT2D eigenvalue weighted by atomic mass is 9.98. The highest BCUT2D eigenvalue weighted by atomic mass is 19.4. The minimum atomic E-state index is -4.86. The molecule has 1 heterocycles. The van der Waals surface area contributed by atoms with E-state index in [-0.39, 0.29) is 46.3 Å². The number of hydrogen-bond donors (Lipinski definition) is 2. The fraction of sp³-hybridized carbons (Fsp3) is 0.0833. The normalized spacial score (nSPS) is 11.3. The number of alkyl halides is 3. The number of aromatic nitrogens is 1. The zero-order valence-corrected chi connectivity index (χ0v) is 16.2. The summed E-state index contributed by atoms with van der Waals surface area (Å²) in [5.41, 5.74) is 4.05. The van der Waals surface area contributed by atoms with Crippen LogP contribution >= 0.6 is 0 Å². The Morgan fingerprint density at radius 2 is 1.70 bits per heavy atom. The Kier molecular flexibility index (Phi) is 6.00. The molecule has 0 saturated heterocycles. The summed E-state index contributed by atoms with van der Waals surface area (Å²) in [5.74, 6) is -2.37. The van der Waals surface area contributed by atoms with E-state index in [0.717, 1.165) is 12.1 Å². The van der Waals surface area contributed by atoms with Crippen LogP contribution in [0.2, 0.25) is 0 Å². The molecule has 3 aromatic carbocycles. The Hall–Kier alpha value is -4.14. The van der Waals surface area contributed by atoms with Crippen LogP contribution in [0.4, 0.5) is 17.6 Å². The van der Waals surface area contributed by atoms with E-state index in [4.69, 9.17) is 5.73 Å². The van der Waals surface area contributed by atoms with Crippen molar-refractivity contribution in [3.8, 4) is 22.6 Å². The highest BCUT2D eigenvalue weighted by molar-refractivity contribution is 5.97. The van der Waals surface area contributed by atoms with E-state index in [2.05, 4.69) is 0 Å². The third-order valence-electron chi connectivity index (χ3n) is 5.00. The molecule has 0 radical (unpaired) electrons. The van der Waals surface area contributed by atoms with Crippen LogP contribution in [0.3, 0.4) is 0 Å². The van der Waals surface area contributed by atoms with Gasteiger partial charge in [-0.3, -0.25) is 14.2 Å². The van der Waals surface area contributed by atoms with Crippen molar-refractivity contribution in [2.75, 3.05) is 0 Å². The summed E-state index contributed by atoms with van der Waals surface area (Å²) in [6.45, 7) is 0. The molecule has 33 heavy (non-hydrogen) atoms. The number of benzene rings is 3. The van der Waals surface area contributed by atoms with E-state index < -0.39 is 29.0 Å². The number of aromatic hydroxyl groups is 1. The highest BCUT2D eigenvalue weighted by Crippen LogP contribution is 2.35. The first-order valence-corrected chi connectivity index (χ1v) is 9.22. The van der Waals surface area contributed by atoms with Crippen LogP contribution in [-0.2, 0) is 6.18 Å². The zero-order valence-electron chi connectivity index (χ0n) is 16.2. The molecule has 4 rings (SSSR count). The standard InChI is InChI=1S/C23H14F4N2O3.CH4/c24-20-9-12(4-7-19(20)23(25,26)27)18-11-29(14-3-1-2-13(8-14)21(28)31)22(32)16-6-5-15(30)10-17(16)18;/h1-11,30H,(H2,28,31);1H4. The quantitative estimate of drug-likeness (QED) is 0.411. The number of phenolic OH excluding ortho intramolecular Hbond substituents is 1. The van der Waals surface area contributed by atoms with Crippen molar-refractivity contribution in [1.82, 2.24) is 4.57 Å². The molecule has 0 fully saturated rings. The fourth-order valence-electron chi connectivity index (χ4n) is 3.47. The van der Waals surface area contributed by atoms with Gasteiger partial charge in [0.25, 0.3) is 5.56 Å². The second-order valence-electron chi connectivity index (χ2n) is 7.05. The monoisotopic (exact) mass is 458 g/mol. The van der Waals surface area contributed by atoms with Crippen LogP contribution in [0, 0.1) is 5.82 Å². The van der Waals surface area contributed by atoms with E-state index in [0.29, 0.717) is 6.07 Å². The lowest BCUT2D eigenvalue weighted by Gasteiger charge is -2.15. The molecule has 0 saturated carbocycles. The second-order valence-corrected chi connectivity index (χ2v) is 7.05. The van der Waals surface area contributed by atoms with Crippen molar-refractivity contribution in [2.45, 2.75) is 13.6 Å². The maximum atomic E-state index is 14.3. The lowest BCUT2D eigenvalue weighted by Crippen LogP contribution is -2.19. The highest BCUT2D eigenvalue weighted by Gasteiger charge is 2.34. The SMILES string of the molecule is C.NC(=O)c1cccc(-n2cc(-c3ccc(C(F)(F)F)c(F)c3)c3cc(O)ccc3c2=O)c1. The number of nitrogens with two attached hydrogens (primary N) is 1. The van der Waals surface area contributed by atoms with Gasteiger partial charge in [0, 0.05) is 33.8 Å². The van der Waals surface area contributed by atoms with Crippen LogP contribution in [0.5, 0.6) is 5.75 Å². The molecule has 9 heteroatoms. The van der Waals surface area contributed by atoms with Gasteiger partial charge in [-0.05, 0) is 54.1 Å². The van der Waals surface area contributed by atoms with Crippen LogP contribution in [0.25, 0.3) is 27.6 Å². The number of rotatable bonds is 3. The third kappa shape index (κ3) is 4.30. The third-order valence-corrected chi connectivity index (χ3v) is 5.00. The average Bonchev–Trinajstić information content (AvgIpc) is 2.73. The number of primary amides is 1. The molecule has 170 valence electrons. The zero-order chi connectivity index (χ0) is 23.2. The second kappa shape index (κ2) is 8.42. The van der Waals surface area contributed by atoms with Gasteiger partial charge >= 0.3 is 6.18 Å². The molecule has 3 N–H and O–H groups in total. The molecular weight excluding hydrogens is 440 g/mol. The number of pyridine rings is 1. The minimum Gasteiger partial charge on any atom is -0.508 e. The van der Waals surface area contributed by atoms with E-state index in [1.807, 2.05) is 0 Å². The number of halogens is 4. The summed E-state index contributed by atoms with van der Waals surface area (Å²) in [5, 5.41) is 10.2. The van der Waals surface area contributed by atoms with Crippen molar-refractivity contribution >= 4 is 16.7 Å². The number of carbonyl (C=O) groups is 1. The van der Waals surface area contributed by atoms with Crippen LogP contribution in [0.15, 0.2) is 71.7 Å². The maximum absolute atomic E-state index is 14.3. The molecule has 0 aliphatic carbocycles. The predicted octanol–water partition coefficient (Wildman–Crippen LogP) is 5.26. The lowest BCUT2D eigenvalue weighted by molar-refractivity contribution is -0.139. The van der Waals surface area contributed by atoms with Crippen molar-refractivity contribution in [3.05, 3.63) is 94.2 Å². The maximum Gasteiger partial charge on any atom is 0.419 e. The van der Waals surface area contributed by atoms with Gasteiger partial charge in [0.2, 0.25) is 5.91 Å². The number of fused-ring (bicyclic) bond motifs is 1. The Morgan fingerprint density at radius 1 is 0.970 bits per heavy atom. The predicted molar refractivity (Wildman–Crippen MR) is 117 cm³/mol. The molecule has 1 amide bonds. The Morgan fingerprint density at radius 3 is 2.33 bits per heavy atom. The van der Waals surface area contributed by atoms with Crippen LogP contribution < -0.4 is 11.3 Å². The summed E-state index contributed by atoms with van der Waals surface area (Å²) in [7, 11) is 0. The topological polar surface area (TPSA) is 85.3 Å². The summed E-state index contributed by atoms with van der Waals surface area (Å²) in [6.07, 6.45) is -3.55. The van der Waals surface area contributed by atoms with Gasteiger partial charge in [-0.25, -0.2) is 4.39 Å². The summed E-state index contributed by atoms with van der Waals surface area (Å²) >= 11 is 0. The van der Waals surface area contributed by atoms with Gasteiger partial charge in [-0.15, -0.1) is 0 Å². The smallest absolute Gasteiger partial charge is 0.419 e. The van der Waals surface area contributed by atoms with E-state index >= 15 is 0 Å². The number of phenols is 1. The molecule has 1 aromatic heterocycles. The first-order valence-electron chi connectivity index (χ1n) is 9.22. The molecular formula is C24H18F4N2O3. The molecule has 5 nitrogen and oxygen atoms in total. The first kappa shape index (κ1) is 23.5. The van der Waals surface area contributed by atoms with Crippen LogP contribution in [-0.4, -0.2) is 15.6 Å². The Bertz CT molecular complexity index is 1440. The molecule has 4 aromatic rings. The van der Waals surface area contributed by atoms with Crippen molar-refractivity contribution in [3.63, 3.8) is 0 Å². The van der Waals surface area contributed by atoms with E-state index in [1.54, 1.807) is 0 Å². The number of carbonyl (C=O) groups excluding carboxylic acids is 1. The van der Waals surface area contributed by atoms with Gasteiger partial charge in [-0.2, -0.15) is 13.2 Å². The largest absolute Gasteiger partial charge is 0.508 e. The van der Waals surface area contributed by atoms with Gasteiger partial charge in [0.1, 0.15) is 11.6 Å². The number of nitrogens with zero attached hydrogens (tertiary/aromatic N) is 1. The van der Waals surface area contributed by atoms with Crippen molar-refractivity contribution < 1.29 is 27.5 Å². The van der Waals surface area contributed by atoms with E-state index in [9.17, 15) is 32.3 Å². The molecule has 0 bridgehead atoms. The number of hydrogen-bond acceptors (Lipinski definition) is 3. The van der Waals surface area contributed by atoms with Crippen LogP contribution in [0.1, 0.15) is 23.3 Å². The van der Waals surface area contributed by atoms with Crippen molar-refractivity contribution in [2.24, 2.45) is 5.73 Å². The van der Waals surface area contributed by atoms with Crippen molar-refractivity contribution in [1.29, 1.82) is 0 Å². The molecule has 0 unspecified atom stereocenters. The average molecular weight is 458 g/mol. The Balaban J connectivity index is 0.00000306. The van der Waals surface area contributed by atoms with Gasteiger partial charge in [-0.1, -0.05) is 19.6 Å². The summed E-state index contributed by atoms with van der Waals surface area (Å²) in [6, 6.07) is 12.2. The van der Waals surface area contributed by atoms with Gasteiger partial charge in [0.05, 0.1) is 5.56 Å². The molecule has 0 aliphatic rings. The summed E-state index contributed by atoms with van der Waals surface area (Å²) < 4.78 is 54.4. The molecule has 0 atom stereocenters.